The van der Waals surface area contributed by atoms with Crippen molar-refractivity contribution in [3.8, 4) is 5.88 Å². The van der Waals surface area contributed by atoms with E-state index in [0.717, 1.165) is 6.26 Å². The number of rotatable bonds is 2. The third kappa shape index (κ3) is 2.46. The number of H-pyrrole nitrogens is 1. The zero-order valence-electron chi connectivity index (χ0n) is 5.73. The molecule has 0 aliphatic carbocycles. The molecule has 1 aromatic rings. The Balaban J connectivity index is 2.81. The highest BCUT2D eigenvalue weighted by Gasteiger charge is 2.06. The smallest absolute Gasteiger partial charge is 0.307 e. The number of anilines is 1. The highest BCUT2D eigenvalue weighted by molar-refractivity contribution is 7.86. The Bertz CT molecular complexity index is 341. The summed E-state index contributed by atoms with van der Waals surface area (Å²) in [5.41, 5.74) is 5.20. The molecule has 0 saturated carbocycles. The molecule has 11 heavy (non-hydrogen) atoms. The first kappa shape index (κ1) is 7.86. The van der Waals surface area contributed by atoms with Gasteiger partial charge in [-0.15, -0.1) is 5.10 Å². The predicted molar refractivity (Wildman–Crippen MR) is 38.5 cm³/mol. The summed E-state index contributed by atoms with van der Waals surface area (Å²) < 4.78 is 25.4. The minimum Gasteiger partial charge on any atom is -0.384 e. The maximum Gasteiger partial charge on any atom is 0.307 e. The predicted octanol–water partition coefficient (Wildman–Crippen LogP) is -0.670. The SMILES string of the molecule is CS(=O)(=O)Oc1cc(N)[nH]n1. The van der Waals surface area contributed by atoms with E-state index >= 15 is 0 Å². The molecular formula is C4H7N3O3S. The molecule has 0 unspecified atom stereocenters. The molecule has 0 fully saturated rings. The van der Waals surface area contributed by atoms with E-state index in [0.29, 0.717) is 0 Å². The Morgan fingerprint density at radius 2 is 2.36 bits per heavy atom. The summed E-state index contributed by atoms with van der Waals surface area (Å²) in [7, 11) is -3.50. The van der Waals surface area contributed by atoms with Crippen molar-refractivity contribution in [1.29, 1.82) is 0 Å². The summed E-state index contributed by atoms with van der Waals surface area (Å²) in [6.45, 7) is 0. The van der Waals surface area contributed by atoms with Crippen LogP contribution >= 0.6 is 0 Å². The van der Waals surface area contributed by atoms with Gasteiger partial charge in [-0.3, -0.25) is 5.10 Å². The quantitative estimate of drug-likeness (QED) is 0.584. The summed E-state index contributed by atoms with van der Waals surface area (Å²) >= 11 is 0. The summed E-state index contributed by atoms with van der Waals surface area (Å²) in [5.74, 6) is 0.202. The standard InChI is InChI=1S/C4H7N3O3S/c1-11(8,9)10-4-2-3(5)6-7-4/h2H,1H3,(H3,5,6,7). The number of aromatic nitrogens is 2. The lowest BCUT2D eigenvalue weighted by molar-refractivity contribution is 0.482. The van der Waals surface area contributed by atoms with E-state index in [1.807, 2.05) is 0 Å². The van der Waals surface area contributed by atoms with E-state index in [2.05, 4.69) is 14.4 Å². The molecule has 0 saturated heterocycles. The first-order chi connectivity index (χ1) is 4.97. The van der Waals surface area contributed by atoms with Crippen LogP contribution in [0, 0.1) is 0 Å². The lowest BCUT2D eigenvalue weighted by Gasteiger charge is -1.94. The van der Waals surface area contributed by atoms with Gasteiger partial charge in [0.15, 0.2) is 0 Å². The minimum atomic E-state index is -3.50. The number of aromatic amines is 1. The Morgan fingerprint density at radius 1 is 1.73 bits per heavy atom. The lowest BCUT2D eigenvalue weighted by atomic mass is 10.6. The summed E-state index contributed by atoms with van der Waals surface area (Å²) in [6, 6.07) is 1.28. The molecule has 0 spiro atoms. The van der Waals surface area contributed by atoms with Crippen molar-refractivity contribution >= 4 is 15.9 Å². The normalized spacial score (nSPS) is 11.4. The molecule has 0 bridgehead atoms. The van der Waals surface area contributed by atoms with Crippen LogP contribution < -0.4 is 9.92 Å². The van der Waals surface area contributed by atoms with E-state index < -0.39 is 10.1 Å². The van der Waals surface area contributed by atoms with Crippen molar-refractivity contribution in [3.05, 3.63) is 6.07 Å². The fourth-order valence-electron chi connectivity index (χ4n) is 0.515. The van der Waals surface area contributed by atoms with Gasteiger partial charge in [0.05, 0.1) is 6.26 Å². The molecule has 0 atom stereocenters. The van der Waals surface area contributed by atoms with E-state index in [1.54, 1.807) is 0 Å². The fourth-order valence-corrected chi connectivity index (χ4v) is 0.911. The van der Waals surface area contributed by atoms with Gasteiger partial charge >= 0.3 is 10.1 Å². The molecule has 0 aliphatic rings. The van der Waals surface area contributed by atoms with Crippen LogP contribution in [-0.4, -0.2) is 24.9 Å². The van der Waals surface area contributed by atoms with Gasteiger partial charge in [0.2, 0.25) is 0 Å². The Hall–Kier alpha value is -1.24. The number of nitrogen functional groups attached to an aromatic ring is 1. The van der Waals surface area contributed by atoms with Crippen molar-refractivity contribution < 1.29 is 12.6 Å². The molecule has 7 heteroatoms. The molecule has 1 rings (SSSR count). The second-order valence-electron chi connectivity index (χ2n) is 1.95. The van der Waals surface area contributed by atoms with Crippen LogP contribution in [0.2, 0.25) is 0 Å². The molecule has 0 aliphatic heterocycles. The number of nitrogens with one attached hydrogen (secondary N) is 1. The van der Waals surface area contributed by atoms with Crippen molar-refractivity contribution in [2.24, 2.45) is 0 Å². The second-order valence-corrected chi connectivity index (χ2v) is 3.52. The third-order valence-corrected chi connectivity index (χ3v) is 1.28. The van der Waals surface area contributed by atoms with Gasteiger partial charge in [0.25, 0.3) is 5.88 Å². The zero-order chi connectivity index (χ0) is 8.48. The molecule has 0 amide bonds. The zero-order valence-corrected chi connectivity index (χ0v) is 6.55. The van der Waals surface area contributed by atoms with Crippen molar-refractivity contribution in [3.63, 3.8) is 0 Å². The van der Waals surface area contributed by atoms with Gasteiger partial charge in [-0.05, 0) is 0 Å². The molecule has 3 N–H and O–H groups in total. The molecule has 0 radical (unpaired) electrons. The largest absolute Gasteiger partial charge is 0.384 e. The fraction of sp³-hybridized carbons (Fsp3) is 0.250. The van der Waals surface area contributed by atoms with E-state index in [4.69, 9.17) is 5.73 Å². The number of nitrogens with two attached hydrogens (primary N) is 1. The first-order valence-electron chi connectivity index (χ1n) is 2.68. The van der Waals surface area contributed by atoms with Gasteiger partial charge < -0.3 is 9.92 Å². The number of nitrogens with zero attached hydrogens (tertiary/aromatic N) is 1. The Morgan fingerprint density at radius 3 is 2.73 bits per heavy atom. The maximum atomic E-state index is 10.5. The van der Waals surface area contributed by atoms with Gasteiger partial charge in [-0.2, -0.15) is 8.42 Å². The number of hydrogen-bond donors (Lipinski definition) is 2. The van der Waals surface area contributed by atoms with Crippen LogP contribution in [0.15, 0.2) is 6.07 Å². The Kier molecular flexibility index (Phi) is 1.73. The molecule has 1 heterocycles. The van der Waals surface area contributed by atoms with Gasteiger partial charge in [-0.1, -0.05) is 0 Å². The molecule has 62 valence electrons. The summed E-state index contributed by atoms with van der Waals surface area (Å²) in [4.78, 5) is 0. The summed E-state index contributed by atoms with van der Waals surface area (Å²) in [6.07, 6.45) is 0.928. The van der Waals surface area contributed by atoms with Crippen LogP contribution in [0.4, 0.5) is 5.82 Å². The van der Waals surface area contributed by atoms with Gasteiger partial charge in [-0.25, -0.2) is 0 Å². The number of hydrogen-bond acceptors (Lipinski definition) is 5. The van der Waals surface area contributed by atoms with Crippen molar-refractivity contribution in [1.82, 2.24) is 10.2 Å². The molecule has 6 nitrogen and oxygen atoms in total. The van der Waals surface area contributed by atoms with Crippen molar-refractivity contribution in [2.75, 3.05) is 12.0 Å². The Labute approximate surface area is 63.5 Å². The first-order valence-corrected chi connectivity index (χ1v) is 4.49. The van der Waals surface area contributed by atoms with Crippen LogP contribution in [-0.2, 0) is 10.1 Å². The third-order valence-electron chi connectivity index (χ3n) is 0.811. The highest BCUT2D eigenvalue weighted by atomic mass is 32.2. The molecular weight excluding hydrogens is 170 g/mol. The van der Waals surface area contributed by atoms with E-state index in [9.17, 15) is 8.42 Å². The van der Waals surface area contributed by atoms with Gasteiger partial charge in [0.1, 0.15) is 5.82 Å². The molecule has 1 aromatic heterocycles. The van der Waals surface area contributed by atoms with Crippen molar-refractivity contribution in [2.45, 2.75) is 0 Å². The minimum absolute atomic E-state index is 0.0509. The average Bonchev–Trinajstić information content (AvgIpc) is 2.10. The van der Waals surface area contributed by atoms with Crippen LogP contribution in [0.1, 0.15) is 0 Å². The highest BCUT2D eigenvalue weighted by Crippen LogP contribution is 2.10. The lowest BCUT2D eigenvalue weighted by Crippen LogP contribution is -2.05. The summed E-state index contributed by atoms with van der Waals surface area (Å²) in [5, 5.41) is 5.78. The van der Waals surface area contributed by atoms with E-state index in [1.165, 1.54) is 6.07 Å². The topological polar surface area (TPSA) is 98.1 Å². The second kappa shape index (κ2) is 2.42. The van der Waals surface area contributed by atoms with Crippen LogP contribution in [0.5, 0.6) is 5.88 Å². The maximum absolute atomic E-state index is 10.5. The average molecular weight is 177 g/mol. The molecule has 0 aromatic carbocycles. The monoisotopic (exact) mass is 177 g/mol. The van der Waals surface area contributed by atoms with Crippen LogP contribution in [0.3, 0.4) is 0 Å². The van der Waals surface area contributed by atoms with E-state index in [-0.39, 0.29) is 11.7 Å². The van der Waals surface area contributed by atoms with Crippen LogP contribution in [0.25, 0.3) is 0 Å². The van der Waals surface area contributed by atoms with Gasteiger partial charge in [0, 0.05) is 6.07 Å².